The zero-order valence-electron chi connectivity index (χ0n) is 11.1. The zero-order valence-corrected chi connectivity index (χ0v) is 12.7. The van der Waals surface area contributed by atoms with Crippen LogP contribution in [0.3, 0.4) is 0 Å². The monoisotopic (exact) mass is 319 g/mol. The standard InChI is InChI=1S/C15H18BrN3/c1-10(17)11-6-7-14(12(16)8-11)19-9-18-13-4-2-3-5-15(13)19/h6-10H,2-5,17H2,1H3/t10-/m0/s1. The summed E-state index contributed by atoms with van der Waals surface area (Å²) in [7, 11) is 0. The molecule has 100 valence electrons. The second-order valence-electron chi connectivity index (χ2n) is 5.21. The highest BCUT2D eigenvalue weighted by molar-refractivity contribution is 9.10. The second kappa shape index (κ2) is 5.10. The number of aromatic nitrogens is 2. The number of nitrogens with zero attached hydrogens (tertiary/aromatic N) is 2. The van der Waals surface area contributed by atoms with Gasteiger partial charge in [-0.1, -0.05) is 6.07 Å². The maximum Gasteiger partial charge on any atom is 0.0998 e. The average Bonchev–Trinajstić information content (AvgIpc) is 2.82. The molecule has 3 rings (SSSR count). The molecule has 0 radical (unpaired) electrons. The van der Waals surface area contributed by atoms with Crippen LogP contribution in [-0.4, -0.2) is 9.55 Å². The van der Waals surface area contributed by atoms with Crippen LogP contribution in [0.25, 0.3) is 5.69 Å². The fourth-order valence-electron chi connectivity index (χ4n) is 2.68. The van der Waals surface area contributed by atoms with Crippen LogP contribution in [0.4, 0.5) is 0 Å². The zero-order chi connectivity index (χ0) is 13.4. The quantitative estimate of drug-likeness (QED) is 0.920. The third kappa shape index (κ3) is 2.35. The van der Waals surface area contributed by atoms with Crippen LogP contribution < -0.4 is 5.73 Å². The predicted molar refractivity (Wildman–Crippen MR) is 80.5 cm³/mol. The van der Waals surface area contributed by atoms with E-state index in [1.807, 2.05) is 13.3 Å². The van der Waals surface area contributed by atoms with Gasteiger partial charge in [0.15, 0.2) is 0 Å². The first-order chi connectivity index (χ1) is 9.16. The Kier molecular flexibility index (Phi) is 3.46. The molecule has 1 aromatic carbocycles. The van der Waals surface area contributed by atoms with Crippen LogP contribution in [0, 0.1) is 0 Å². The molecule has 3 nitrogen and oxygen atoms in total. The Labute approximate surface area is 122 Å². The normalized spacial score (nSPS) is 16.2. The molecular weight excluding hydrogens is 302 g/mol. The van der Waals surface area contributed by atoms with E-state index in [4.69, 9.17) is 5.73 Å². The molecule has 0 spiro atoms. The van der Waals surface area contributed by atoms with Crippen molar-refractivity contribution in [3.8, 4) is 5.69 Å². The first kappa shape index (κ1) is 12.9. The molecule has 1 aromatic heterocycles. The van der Waals surface area contributed by atoms with Crippen LogP contribution in [0.15, 0.2) is 29.0 Å². The topological polar surface area (TPSA) is 43.8 Å². The van der Waals surface area contributed by atoms with Crippen molar-refractivity contribution >= 4 is 15.9 Å². The number of hydrogen-bond acceptors (Lipinski definition) is 2. The molecule has 0 amide bonds. The Bertz CT molecular complexity index is 601. The van der Waals surface area contributed by atoms with E-state index in [-0.39, 0.29) is 6.04 Å². The summed E-state index contributed by atoms with van der Waals surface area (Å²) in [6, 6.07) is 6.39. The number of halogens is 1. The molecule has 1 heterocycles. The third-order valence-electron chi connectivity index (χ3n) is 3.79. The lowest BCUT2D eigenvalue weighted by atomic mass is 10.0. The first-order valence-corrected chi connectivity index (χ1v) is 7.56. The maximum atomic E-state index is 5.92. The lowest BCUT2D eigenvalue weighted by Crippen LogP contribution is -2.08. The van der Waals surface area contributed by atoms with Crippen LogP contribution in [0.1, 0.15) is 42.8 Å². The lowest BCUT2D eigenvalue weighted by Gasteiger charge is -2.16. The largest absolute Gasteiger partial charge is 0.324 e. The average molecular weight is 320 g/mol. The van der Waals surface area contributed by atoms with E-state index < -0.39 is 0 Å². The number of benzene rings is 1. The minimum absolute atomic E-state index is 0.0575. The minimum atomic E-state index is 0.0575. The Morgan fingerprint density at radius 3 is 2.84 bits per heavy atom. The highest BCUT2D eigenvalue weighted by atomic mass is 79.9. The summed E-state index contributed by atoms with van der Waals surface area (Å²) in [4.78, 5) is 4.55. The van der Waals surface area contributed by atoms with E-state index in [0.717, 1.165) is 28.6 Å². The minimum Gasteiger partial charge on any atom is -0.324 e. The fourth-order valence-corrected chi connectivity index (χ4v) is 3.27. The van der Waals surface area contributed by atoms with Gasteiger partial charge in [-0.15, -0.1) is 0 Å². The molecular formula is C15H18BrN3. The number of aryl methyl sites for hydroxylation is 1. The summed E-state index contributed by atoms with van der Waals surface area (Å²) < 4.78 is 3.29. The van der Waals surface area contributed by atoms with Crippen molar-refractivity contribution in [1.29, 1.82) is 0 Å². The van der Waals surface area contributed by atoms with Crippen molar-refractivity contribution in [3.05, 3.63) is 46.0 Å². The summed E-state index contributed by atoms with van der Waals surface area (Å²) in [5.41, 5.74) is 10.8. The number of imidazole rings is 1. The van der Waals surface area contributed by atoms with Crippen LogP contribution >= 0.6 is 15.9 Å². The van der Waals surface area contributed by atoms with Crippen LogP contribution in [-0.2, 0) is 12.8 Å². The molecule has 1 aliphatic rings. The molecule has 1 aliphatic carbocycles. The van der Waals surface area contributed by atoms with Gasteiger partial charge in [0.2, 0.25) is 0 Å². The second-order valence-corrected chi connectivity index (χ2v) is 6.07. The van der Waals surface area contributed by atoms with E-state index in [1.165, 1.54) is 24.2 Å². The van der Waals surface area contributed by atoms with Crippen molar-refractivity contribution < 1.29 is 0 Å². The highest BCUT2D eigenvalue weighted by Gasteiger charge is 2.17. The van der Waals surface area contributed by atoms with Gasteiger partial charge in [0.25, 0.3) is 0 Å². The number of fused-ring (bicyclic) bond motifs is 1. The lowest BCUT2D eigenvalue weighted by molar-refractivity contribution is 0.655. The first-order valence-electron chi connectivity index (χ1n) is 6.77. The van der Waals surface area contributed by atoms with E-state index in [2.05, 4.69) is 43.7 Å². The highest BCUT2D eigenvalue weighted by Crippen LogP contribution is 2.29. The van der Waals surface area contributed by atoms with Gasteiger partial charge >= 0.3 is 0 Å². The predicted octanol–water partition coefficient (Wildman–Crippen LogP) is 3.53. The van der Waals surface area contributed by atoms with Crippen molar-refractivity contribution in [3.63, 3.8) is 0 Å². The molecule has 4 heteroatoms. The number of hydrogen-bond donors (Lipinski definition) is 1. The molecule has 1 atom stereocenters. The summed E-state index contributed by atoms with van der Waals surface area (Å²) in [5.74, 6) is 0. The van der Waals surface area contributed by atoms with E-state index in [1.54, 1.807) is 0 Å². The van der Waals surface area contributed by atoms with E-state index in [9.17, 15) is 0 Å². The fraction of sp³-hybridized carbons (Fsp3) is 0.400. The van der Waals surface area contributed by atoms with Crippen LogP contribution in [0.5, 0.6) is 0 Å². The Morgan fingerprint density at radius 1 is 1.32 bits per heavy atom. The molecule has 0 unspecified atom stereocenters. The van der Waals surface area contributed by atoms with Gasteiger partial charge in [-0.05, 0) is 66.2 Å². The SMILES string of the molecule is C[C@H](N)c1ccc(-n2cnc3c2CCCC3)c(Br)c1. The summed E-state index contributed by atoms with van der Waals surface area (Å²) in [5, 5.41) is 0. The molecule has 0 fully saturated rings. The Hall–Kier alpha value is -1.13. The van der Waals surface area contributed by atoms with Gasteiger partial charge in [0, 0.05) is 16.2 Å². The molecule has 2 N–H and O–H groups in total. The van der Waals surface area contributed by atoms with Crippen molar-refractivity contribution in [2.75, 3.05) is 0 Å². The van der Waals surface area contributed by atoms with Gasteiger partial charge in [-0.2, -0.15) is 0 Å². The summed E-state index contributed by atoms with van der Waals surface area (Å²) in [6.07, 6.45) is 6.69. The van der Waals surface area contributed by atoms with Gasteiger partial charge in [0.05, 0.1) is 17.7 Å². The Morgan fingerprint density at radius 2 is 2.11 bits per heavy atom. The summed E-state index contributed by atoms with van der Waals surface area (Å²) >= 11 is 3.66. The Balaban J connectivity index is 2.05. The molecule has 0 saturated heterocycles. The van der Waals surface area contributed by atoms with Crippen molar-refractivity contribution in [1.82, 2.24) is 9.55 Å². The van der Waals surface area contributed by atoms with Crippen molar-refractivity contribution in [2.45, 2.75) is 38.6 Å². The van der Waals surface area contributed by atoms with Crippen LogP contribution in [0.2, 0.25) is 0 Å². The molecule has 0 saturated carbocycles. The van der Waals surface area contributed by atoms with E-state index >= 15 is 0 Å². The van der Waals surface area contributed by atoms with Gasteiger partial charge in [-0.3, -0.25) is 0 Å². The molecule has 19 heavy (non-hydrogen) atoms. The molecule has 0 aliphatic heterocycles. The summed E-state index contributed by atoms with van der Waals surface area (Å²) in [6.45, 7) is 2.00. The number of rotatable bonds is 2. The van der Waals surface area contributed by atoms with Gasteiger partial charge in [0.1, 0.15) is 0 Å². The van der Waals surface area contributed by atoms with Gasteiger partial charge < -0.3 is 10.3 Å². The number of nitrogens with two attached hydrogens (primary N) is 1. The van der Waals surface area contributed by atoms with Crippen molar-refractivity contribution in [2.24, 2.45) is 5.73 Å². The van der Waals surface area contributed by atoms with Gasteiger partial charge in [-0.25, -0.2) is 4.98 Å². The maximum absolute atomic E-state index is 5.92. The third-order valence-corrected chi connectivity index (χ3v) is 4.42. The molecule has 0 bridgehead atoms. The molecule has 2 aromatic rings. The smallest absolute Gasteiger partial charge is 0.0998 e. The van der Waals surface area contributed by atoms with E-state index in [0.29, 0.717) is 0 Å².